The molecular weight excluding hydrogens is 607 g/mol. The van der Waals surface area contributed by atoms with Crippen molar-refractivity contribution in [1.29, 1.82) is 0 Å². The maximum atomic E-state index is 13.2. The van der Waals surface area contributed by atoms with Gasteiger partial charge < -0.3 is 9.47 Å². The first kappa shape index (κ1) is 26.6. The highest BCUT2D eigenvalue weighted by molar-refractivity contribution is 14.1. The molecule has 0 saturated heterocycles. The van der Waals surface area contributed by atoms with Crippen molar-refractivity contribution in [3.8, 4) is 11.5 Å². The van der Waals surface area contributed by atoms with E-state index in [0.717, 1.165) is 0 Å². The van der Waals surface area contributed by atoms with Crippen LogP contribution < -0.4 is 14.9 Å². The number of hydrazone groups is 1. The Morgan fingerprint density at radius 1 is 1.06 bits per heavy atom. The molecule has 0 heterocycles. The minimum atomic E-state index is -6.47. The van der Waals surface area contributed by atoms with Gasteiger partial charge in [0.2, 0.25) is 0 Å². The largest absolute Gasteiger partial charge is 0.493 e. The summed E-state index contributed by atoms with van der Waals surface area (Å²) >= 11 is 13.7. The smallest absolute Gasteiger partial charge is 0.462 e. The van der Waals surface area contributed by atoms with Gasteiger partial charge in [-0.1, -0.05) is 29.3 Å². The molecule has 0 bridgehead atoms. The van der Waals surface area contributed by atoms with Gasteiger partial charge in [-0.15, -0.1) is 0 Å². The number of halogens is 10. The Morgan fingerprint density at radius 2 is 1.72 bits per heavy atom. The van der Waals surface area contributed by atoms with Crippen molar-refractivity contribution < 1.29 is 40.2 Å². The summed E-state index contributed by atoms with van der Waals surface area (Å²) in [5.41, 5.74) is 1.21. The zero-order chi connectivity index (χ0) is 24.3. The number of methoxy groups -OCH3 is 1. The molecule has 0 aliphatic carbocycles. The van der Waals surface area contributed by atoms with Crippen molar-refractivity contribution in [2.45, 2.75) is 24.8 Å². The van der Waals surface area contributed by atoms with Crippen LogP contribution in [0.4, 0.5) is 30.7 Å². The molecule has 2 aromatic rings. The van der Waals surface area contributed by atoms with Gasteiger partial charge in [0.05, 0.1) is 16.9 Å². The molecule has 176 valence electrons. The van der Waals surface area contributed by atoms with Crippen LogP contribution in [0.5, 0.6) is 11.5 Å². The van der Waals surface area contributed by atoms with Crippen molar-refractivity contribution in [2.75, 3.05) is 7.11 Å². The lowest BCUT2D eigenvalue weighted by atomic mass is 10.2. The molecule has 0 radical (unpaired) electrons. The summed E-state index contributed by atoms with van der Waals surface area (Å²) in [5.74, 6) is -5.96. The van der Waals surface area contributed by atoms with Gasteiger partial charge in [-0.3, -0.25) is 0 Å². The molecule has 2 rings (SSSR count). The molecule has 0 saturated carbocycles. The third-order valence-corrected chi connectivity index (χ3v) is 5.20. The second-order valence-electron chi connectivity index (χ2n) is 6.08. The standard InChI is InChI=1S/C18H12Cl2F7IN2O2/c1-31-14-5-9(7-29-30-18(26,27)16(21,22)17(23,24)25)4-13(28)15(14)32-8-10-2-3-11(19)6-12(10)20/h2-7,30H,8H2,1H3/b29-7+. The third-order valence-electron chi connectivity index (χ3n) is 3.81. The highest BCUT2D eigenvalue weighted by Gasteiger charge is 2.73. The third kappa shape index (κ3) is 6.01. The van der Waals surface area contributed by atoms with E-state index in [1.807, 2.05) is 22.6 Å². The number of benzene rings is 2. The van der Waals surface area contributed by atoms with Crippen LogP contribution in [0.3, 0.4) is 0 Å². The fraction of sp³-hybridized carbons (Fsp3) is 0.278. The fourth-order valence-electron chi connectivity index (χ4n) is 2.18. The summed E-state index contributed by atoms with van der Waals surface area (Å²) in [4.78, 5) is 0. The zero-order valence-corrected chi connectivity index (χ0v) is 19.4. The topological polar surface area (TPSA) is 42.8 Å². The summed E-state index contributed by atoms with van der Waals surface area (Å²) < 4.78 is 100.0. The van der Waals surface area contributed by atoms with Gasteiger partial charge in [0.25, 0.3) is 0 Å². The minimum absolute atomic E-state index is 0.0239. The van der Waals surface area contributed by atoms with Crippen LogP contribution >= 0.6 is 45.8 Å². The molecule has 1 N–H and O–H groups in total. The monoisotopic (exact) mass is 618 g/mol. The first-order valence-corrected chi connectivity index (χ1v) is 10.1. The van der Waals surface area contributed by atoms with Gasteiger partial charge in [0, 0.05) is 15.6 Å². The van der Waals surface area contributed by atoms with Crippen LogP contribution in [0.1, 0.15) is 11.1 Å². The summed E-state index contributed by atoms with van der Waals surface area (Å²) in [6, 6.07) is 1.72. The Bertz CT molecular complexity index is 1000. The summed E-state index contributed by atoms with van der Waals surface area (Å²) in [6.45, 7) is 0.0239. The second kappa shape index (κ2) is 10.1. The van der Waals surface area contributed by atoms with Crippen LogP contribution in [0.25, 0.3) is 0 Å². The fourth-order valence-corrected chi connectivity index (χ4v) is 3.42. The van der Waals surface area contributed by atoms with E-state index < -0.39 is 18.1 Å². The highest BCUT2D eigenvalue weighted by atomic mass is 127. The molecule has 0 aliphatic rings. The van der Waals surface area contributed by atoms with Gasteiger partial charge >= 0.3 is 18.1 Å². The lowest BCUT2D eigenvalue weighted by molar-refractivity contribution is -0.361. The number of hydrogen-bond donors (Lipinski definition) is 1. The average Bonchev–Trinajstić information content (AvgIpc) is 2.66. The zero-order valence-electron chi connectivity index (χ0n) is 15.7. The average molecular weight is 619 g/mol. The molecule has 0 fully saturated rings. The second-order valence-corrected chi connectivity index (χ2v) is 8.08. The lowest BCUT2D eigenvalue weighted by Gasteiger charge is -2.27. The molecule has 14 heteroatoms. The number of hydrogen-bond acceptors (Lipinski definition) is 4. The maximum absolute atomic E-state index is 13.2. The number of nitrogens with one attached hydrogen (secondary N) is 1. The molecule has 2 aromatic carbocycles. The van der Waals surface area contributed by atoms with E-state index in [-0.39, 0.29) is 23.7 Å². The van der Waals surface area contributed by atoms with Crippen molar-refractivity contribution in [2.24, 2.45) is 5.10 Å². The molecular formula is C18H12Cl2F7IN2O2. The van der Waals surface area contributed by atoms with Crippen LogP contribution in [0.15, 0.2) is 35.4 Å². The van der Waals surface area contributed by atoms with E-state index in [1.54, 1.807) is 12.1 Å². The number of ether oxygens (including phenoxy) is 2. The summed E-state index contributed by atoms with van der Waals surface area (Å²) in [7, 11) is 1.28. The number of alkyl halides is 7. The Hall–Kier alpha value is -1.67. The van der Waals surface area contributed by atoms with Crippen LogP contribution in [-0.4, -0.2) is 31.5 Å². The molecule has 4 nitrogen and oxygen atoms in total. The maximum Gasteiger partial charge on any atom is 0.462 e. The van der Waals surface area contributed by atoms with Crippen molar-refractivity contribution >= 4 is 52.0 Å². The van der Waals surface area contributed by atoms with E-state index in [2.05, 4.69) is 5.10 Å². The van der Waals surface area contributed by atoms with Crippen molar-refractivity contribution in [3.05, 3.63) is 55.1 Å². The molecule has 0 atom stereocenters. The summed E-state index contributed by atoms with van der Waals surface area (Å²) in [5, 5.41) is 3.61. The molecule has 0 spiro atoms. The highest BCUT2D eigenvalue weighted by Crippen LogP contribution is 2.45. The Morgan fingerprint density at radius 3 is 2.28 bits per heavy atom. The van der Waals surface area contributed by atoms with Gasteiger partial charge in [0.15, 0.2) is 11.5 Å². The van der Waals surface area contributed by atoms with Gasteiger partial charge in [-0.25, -0.2) is 5.43 Å². The molecule has 0 aliphatic heterocycles. The van der Waals surface area contributed by atoms with E-state index in [0.29, 0.717) is 30.8 Å². The molecule has 0 amide bonds. The van der Waals surface area contributed by atoms with Crippen LogP contribution in [-0.2, 0) is 6.61 Å². The van der Waals surface area contributed by atoms with Crippen LogP contribution in [0, 0.1) is 3.57 Å². The van der Waals surface area contributed by atoms with Gasteiger partial charge in [-0.2, -0.15) is 35.8 Å². The molecule has 0 aromatic heterocycles. The van der Waals surface area contributed by atoms with Gasteiger partial charge in [0.1, 0.15) is 6.61 Å². The van der Waals surface area contributed by atoms with E-state index >= 15 is 0 Å². The number of nitrogens with zero attached hydrogens (tertiary/aromatic N) is 1. The Labute approximate surface area is 200 Å². The van der Waals surface area contributed by atoms with Crippen molar-refractivity contribution in [3.63, 3.8) is 0 Å². The predicted octanol–water partition coefficient (Wildman–Crippen LogP) is 6.90. The quantitative estimate of drug-likeness (QED) is 0.115. The van der Waals surface area contributed by atoms with E-state index in [1.165, 1.54) is 25.3 Å². The SMILES string of the molecule is COc1cc(/C=N/NC(F)(F)C(F)(F)C(F)(F)F)cc(I)c1OCc1ccc(Cl)cc1Cl. The molecule has 32 heavy (non-hydrogen) atoms. The Kier molecular flexibility index (Phi) is 8.37. The minimum Gasteiger partial charge on any atom is -0.493 e. The van der Waals surface area contributed by atoms with Crippen LogP contribution in [0.2, 0.25) is 10.0 Å². The van der Waals surface area contributed by atoms with Gasteiger partial charge in [-0.05, 0) is 52.4 Å². The predicted molar refractivity (Wildman–Crippen MR) is 113 cm³/mol. The van der Waals surface area contributed by atoms with E-state index in [9.17, 15) is 30.7 Å². The first-order chi connectivity index (χ1) is 14.7. The lowest BCUT2D eigenvalue weighted by Crippen LogP contribution is -2.58. The van der Waals surface area contributed by atoms with E-state index in [4.69, 9.17) is 32.7 Å². The normalized spacial score (nSPS) is 12.8. The first-order valence-electron chi connectivity index (χ1n) is 8.26. The summed E-state index contributed by atoms with van der Waals surface area (Å²) in [6.07, 6.45) is -5.84. The van der Waals surface area contributed by atoms with Crippen molar-refractivity contribution in [1.82, 2.24) is 5.43 Å². The Balaban J connectivity index is 2.19. The number of rotatable bonds is 8. The molecule has 0 unspecified atom stereocenters.